The summed E-state index contributed by atoms with van der Waals surface area (Å²) in [5, 5.41) is 10.7. The average molecular weight is 407 g/mol. The molecule has 0 saturated carbocycles. The van der Waals surface area contributed by atoms with Crippen molar-refractivity contribution < 1.29 is 41.4 Å². The highest BCUT2D eigenvalue weighted by atomic mass is 32.3. The minimum atomic E-state index is -4.74. The van der Waals surface area contributed by atoms with E-state index in [1.54, 1.807) is 6.92 Å². The van der Waals surface area contributed by atoms with E-state index in [0.717, 1.165) is 22.7 Å². The minimum absolute atomic E-state index is 0.162. The molecule has 1 fully saturated rings. The number of carbonyl (C=O) groups is 3. The van der Waals surface area contributed by atoms with Crippen molar-refractivity contribution in [3.63, 3.8) is 0 Å². The number of β-lactam (4-membered cyclic amide) rings is 1. The van der Waals surface area contributed by atoms with Crippen LogP contribution in [0, 0.1) is 5.92 Å². The van der Waals surface area contributed by atoms with Crippen LogP contribution < -0.4 is 0 Å². The van der Waals surface area contributed by atoms with Gasteiger partial charge in [-0.3, -0.25) is 9.35 Å². The molecule has 2 aliphatic rings. The van der Waals surface area contributed by atoms with Gasteiger partial charge >= 0.3 is 22.3 Å². The van der Waals surface area contributed by atoms with Crippen LogP contribution in [0.25, 0.3) is 0 Å². The van der Waals surface area contributed by atoms with Crippen LogP contribution in [-0.4, -0.2) is 59.6 Å². The number of aliphatic carboxylic acids is 1. The third kappa shape index (κ3) is 4.26. The number of thioether (sulfide) groups is 1. The zero-order valence-electron chi connectivity index (χ0n) is 13.8. The summed E-state index contributed by atoms with van der Waals surface area (Å²) in [6.07, 6.45) is 0.155. The molecule has 12 heteroatoms. The van der Waals surface area contributed by atoms with Gasteiger partial charge < -0.3 is 14.7 Å². The molecule has 0 aliphatic carbocycles. The zero-order valence-corrected chi connectivity index (χ0v) is 15.4. The monoisotopic (exact) mass is 407 g/mol. The molecule has 0 aromatic rings. The number of carbonyl (C=O) groups excluding carboxylic acids is 2. The largest absolute Gasteiger partial charge is 0.477 e. The quantitative estimate of drug-likeness (QED) is 0.253. The predicted molar refractivity (Wildman–Crippen MR) is 88.9 cm³/mol. The molecule has 0 aromatic carbocycles. The zero-order chi connectivity index (χ0) is 19.6. The van der Waals surface area contributed by atoms with E-state index in [4.69, 9.17) is 9.29 Å². The molecule has 0 unspecified atom stereocenters. The molecule has 2 N–H and O–H groups in total. The Bertz CT molecular complexity index is 786. The van der Waals surface area contributed by atoms with Crippen LogP contribution in [0.15, 0.2) is 22.1 Å². The van der Waals surface area contributed by atoms with Crippen molar-refractivity contribution in [2.45, 2.75) is 32.4 Å². The number of amides is 1. The molecule has 2 aliphatic heterocycles. The number of rotatable bonds is 8. The number of carboxylic acid groups (broad SMARTS) is 1. The second-order valence-corrected chi connectivity index (χ2v) is 7.53. The van der Waals surface area contributed by atoms with E-state index in [1.807, 2.05) is 0 Å². The summed E-state index contributed by atoms with van der Waals surface area (Å²) in [5.74, 6) is -3.40. The highest BCUT2D eigenvalue weighted by molar-refractivity contribution is 8.05. The van der Waals surface area contributed by atoms with Gasteiger partial charge in [0.05, 0.1) is 24.7 Å². The van der Waals surface area contributed by atoms with E-state index in [0.29, 0.717) is 4.91 Å². The molecule has 2 heterocycles. The maximum absolute atomic E-state index is 12.3. The summed E-state index contributed by atoms with van der Waals surface area (Å²) in [4.78, 5) is 36.5. The van der Waals surface area contributed by atoms with Gasteiger partial charge in [-0.2, -0.15) is 8.42 Å². The topological polar surface area (TPSA) is 148 Å². The van der Waals surface area contributed by atoms with Crippen LogP contribution in [0.2, 0.25) is 0 Å². The van der Waals surface area contributed by atoms with Crippen molar-refractivity contribution in [3.05, 3.63) is 22.1 Å². The van der Waals surface area contributed by atoms with Gasteiger partial charge in [-0.25, -0.2) is 13.8 Å². The lowest BCUT2D eigenvalue weighted by molar-refractivity contribution is -0.160. The van der Waals surface area contributed by atoms with Crippen LogP contribution in [-0.2, 0) is 33.7 Å². The van der Waals surface area contributed by atoms with Crippen LogP contribution in [0.3, 0.4) is 0 Å². The summed E-state index contributed by atoms with van der Waals surface area (Å²) >= 11 is 0.966. The minimum Gasteiger partial charge on any atom is -0.477 e. The van der Waals surface area contributed by atoms with E-state index >= 15 is 0 Å². The van der Waals surface area contributed by atoms with Crippen molar-refractivity contribution in [1.82, 2.24) is 4.90 Å². The Balaban J connectivity index is 2.14. The van der Waals surface area contributed by atoms with Crippen molar-refractivity contribution in [3.8, 4) is 0 Å². The van der Waals surface area contributed by atoms with E-state index in [1.165, 1.54) is 12.3 Å². The lowest BCUT2D eigenvalue weighted by Crippen LogP contribution is -2.62. The van der Waals surface area contributed by atoms with E-state index in [-0.39, 0.29) is 18.7 Å². The Morgan fingerprint density at radius 3 is 2.65 bits per heavy atom. The molecule has 1 saturated heterocycles. The van der Waals surface area contributed by atoms with Gasteiger partial charge in [0.1, 0.15) is 5.70 Å². The van der Waals surface area contributed by atoms with Gasteiger partial charge in [0.2, 0.25) is 5.91 Å². The number of ether oxygens (including phenoxy) is 1. The molecular formula is C14H17NO9S2. The first-order chi connectivity index (χ1) is 12.1. The van der Waals surface area contributed by atoms with Gasteiger partial charge in [-0.15, -0.1) is 0 Å². The van der Waals surface area contributed by atoms with E-state index in [2.05, 4.69) is 4.18 Å². The fourth-order valence-electron chi connectivity index (χ4n) is 2.94. The molecule has 0 bridgehead atoms. The summed E-state index contributed by atoms with van der Waals surface area (Å²) in [6.45, 7) is 3.15. The molecule has 2 rings (SSSR count). The van der Waals surface area contributed by atoms with Gasteiger partial charge in [-0.05, 0) is 19.3 Å². The predicted octanol–water partition coefficient (Wildman–Crippen LogP) is 0.531. The van der Waals surface area contributed by atoms with Gasteiger partial charge in [0.25, 0.3) is 0 Å². The number of fused-ring (bicyclic) bond motifs is 1. The fraction of sp³-hybridized carbons (Fsp3) is 0.500. The maximum Gasteiger partial charge on any atom is 0.397 e. The summed E-state index contributed by atoms with van der Waals surface area (Å²) < 4.78 is 39.5. The Kier molecular flexibility index (Phi) is 6.11. The molecule has 26 heavy (non-hydrogen) atoms. The lowest BCUT2D eigenvalue weighted by Gasteiger charge is -2.45. The molecule has 1 amide bonds. The molecule has 0 radical (unpaired) electrons. The van der Waals surface area contributed by atoms with E-state index in [9.17, 15) is 27.9 Å². The normalized spacial score (nSPS) is 23.8. The lowest BCUT2D eigenvalue weighted by atomic mass is 9.83. The molecule has 3 atom stereocenters. The number of hydrogen-bond acceptors (Lipinski definition) is 8. The van der Waals surface area contributed by atoms with Crippen molar-refractivity contribution >= 4 is 40.0 Å². The van der Waals surface area contributed by atoms with Crippen LogP contribution in [0.5, 0.6) is 0 Å². The summed E-state index contributed by atoms with van der Waals surface area (Å²) in [7, 11) is -4.74. The Labute approximate surface area is 153 Å². The first kappa shape index (κ1) is 20.4. The number of hydrogen-bond donors (Lipinski definition) is 2. The van der Waals surface area contributed by atoms with Gasteiger partial charge in [0, 0.05) is 17.4 Å². The van der Waals surface area contributed by atoms with Crippen molar-refractivity contribution in [2.24, 2.45) is 5.92 Å². The van der Waals surface area contributed by atoms with E-state index < -0.39 is 46.3 Å². The SMILES string of the molecule is CCOC(=O)/C=C\SC1=C(C(=O)O)N2C(=O)[C@@H]([C@H](C)OS(=O)(=O)O)[C@H]2C1. The first-order valence-corrected chi connectivity index (χ1v) is 9.76. The third-order valence-corrected chi connectivity index (χ3v) is 5.31. The molecule has 0 spiro atoms. The van der Waals surface area contributed by atoms with Crippen molar-refractivity contribution in [1.29, 1.82) is 0 Å². The number of carboxylic acids is 1. The first-order valence-electron chi connectivity index (χ1n) is 7.52. The molecule has 10 nitrogen and oxygen atoms in total. The number of nitrogens with zero attached hydrogens (tertiary/aromatic N) is 1. The Morgan fingerprint density at radius 2 is 2.12 bits per heavy atom. The maximum atomic E-state index is 12.3. The third-order valence-electron chi connectivity index (χ3n) is 3.85. The second-order valence-electron chi connectivity index (χ2n) is 5.48. The average Bonchev–Trinajstić information content (AvgIpc) is 2.80. The Hall–Kier alpha value is -1.89. The highest BCUT2D eigenvalue weighted by Gasteiger charge is 2.57. The van der Waals surface area contributed by atoms with Gasteiger partial charge in [-0.1, -0.05) is 11.8 Å². The second kappa shape index (κ2) is 7.78. The molecular weight excluding hydrogens is 390 g/mol. The van der Waals surface area contributed by atoms with Crippen LogP contribution in [0.1, 0.15) is 20.3 Å². The Morgan fingerprint density at radius 1 is 1.46 bits per heavy atom. The molecule has 144 valence electrons. The highest BCUT2D eigenvalue weighted by Crippen LogP contribution is 2.47. The van der Waals surface area contributed by atoms with Crippen molar-refractivity contribution in [2.75, 3.05) is 6.61 Å². The van der Waals surface area contributed by atoms with Crippen LogP contribution in [0.4, 0.5) is 0 Å². The summed E-state index contributed by atoms with van der Waals surface area (Å²) in [6, 6.07) is -0.594. The summed E-state index contributed by atoms with van der Waals surface area (Å²) in [5.41, 5.74) is -0.214. The fourth-order valence-corrected chi connectivity index (χ4v) is 4.35. The molecule has 0 aromatic heterocycles. The standard InChI is InChI=1S/C14H17NO9S2/c1-3-23-10(16)4-5-25-9-6-8-11(7(2)24-26(20,21)22)13(17)15(8)12(9)14(18)19/h4-5,7-8,11H,3,6H2,1-2H3,(H,18,19)(H,20,21,22)/b5-4-/t7-,8+,11-/m0/s1. The van der Waals surface area contributed by atoms with Crippen LogP contribution >= 0.6 is 11.8 Å². The smallest absolute Gasteiger partial charge is 0.397 e. The van der Waals surface area contributed by atoms with Gasteiger partial charge in [0.15, 0.2) is 0 Å². The number of esters is 1.